The summed E-state index contributed by atoms with van der Waals surface area (Å²) in [6, 6.07) is 4.78. The predicted molar refractivity (Wildman–Crippen MR) is 67.2 cm³/mol. The number of carboxylic acid groups (broad SMARTS) is 1. The fourth-order valence-corrected chi connectivity index (χ4v) is 4.43. The van der Waals surface area contributed by atoms with Crippen LogP contribution in [0.15, 0.2) is 29.2 Å². The quantitative estimate of drug-likeness (QED) is 0.857. The van der Waals surface area contributed by atoms with Crippen LogP contribution in [0, 0.1) is 0 Å². The van der Waals surface area contributed by atoms with Crippen LogP contribution in [0.5, 0.6) is 0 Å². The van der Waals surface area contributed by atoms with Gasteiger partial charge in [0.15, 0.2) is 0 Å². The molecule has 0 aliphatic rings. The molecule has 1 N–H and O–H groups in total. The van der Waals surface area contributed by atoms with Crippen LogP contribution >= 0.6 is 10.3 Å². The number of carbonyl (C=O) groups is 1. The topological polar surface area (TPSA) is 80.7 Å². The molecule has 1 aromatic carbocycles. The summed E-state index contributed by atoms with van der Waals surface area (Å²) in [5, 5.41) is 8.70. The minimum Gasteiger partial charge on any atom is -0.478 e. The van der Waals surface area contributed by atoms with Gasteiger partial charge in [-0.15, -0.1) is 0 Å². The van der Waals surface area contributed by atoms with Gasteiger partial charge in [-0.3, -0.25) is 0 Å². The van der Waals surface area contributed by atoms with E-state index in [1.54, 1.807) is 0 Å². The SMILES string of the molecule is CS(C)(OS(=O)(=O)C(F)(F)F)c1ccc(C(=O)O)cc1. The second-order valence-corrected chi connectivity index (χ2v) is 8.88. The fourth-order valence-electron chi connectivity index (χ4n) is 1.23. The molecule has 0 fully saturated rings. The van der Waals surface area contributed by atoms with Crippen LogP contribution < -0.4 is 0 Å². The Hall–Kier alpha value is -1.26. The first-order valence-corrected chi connectivity index (χ1v) is 8.74. The maximum atomic E-state index is 12.3. The van der Waals surface area contributed by atoms with Crippen molar-refractivity contribution < 1.29 is 35.1 Å². The van der Waals surface area contributed by atoms with Gasteiger partial charge < -0.3 is 5.11 Å². The summed E-state index contributed by atoms with van der Waals surface area (Å²) in [7, 11) is -8.45. The van der Waals surface area contributed by atoms with Crippen molar-refractivity contribution in [2.75, 3.05) is 12.5 Å². The van der Waals surface area contributed by atoms with Crippen molar-refractivity contribution in [1.29, 1.82) is 0 Å². The Labute approximate surface area is 115 Å². The third kappa shape index (κ3) is 3.64. The zero-order chi connectivity index (χ0) is 15.8. The molecule has 0 aliphatic heterocycles. The largest absolute Gasteiger partial charge is 0.523 e. The Morgan fingerprint density at radius 2 is 1.60 bits per heavy atom. The van der Waals surface area contributed by atoms with Crippen molar-refractivity contribution in [3.05, 3.63) is 29.8 Å². The molecule has 0 radical (unpaired) electrons. The van der Waals surface area contributed by atoms with E-state index in [1.165, 1.54) is 24.6 Å². The van der Waals surface area contributed by atoms with Gasteiger partial charge in [-0.25, -0.2) is 8.42 Å². The molecule has 0 amide bonds. The van der Waals surface area contributed by atoms with E-state index >= 15 is 0 Å². The van der Waals surface area contributed by atoms with E-state index in [1.807, 2.05) is 0 Å². The highest BCUT2D eigenvalue weighted by molar-refractivity contribution is 8.32. The number of hydrogen-bond acceptors (Lipinski definition) is 4. The minimum absolute atomic E-state index is 0.0670. The lowest BCUT2D eigenvalue weighted by molar-refractivity contribution is -0.0496. The average Bonchev–Trinajstić information content (AvgIpc) is 2.26. The summed E-state index contributed by atoms with van der Waals surface area (Å²) >= 11 is 0. The molecule has 1 rings (SSSR count). The first-order chi connectivity index (χ1) is 8.87. The van der Waals surface area contributed by atoms with E-state index in [0.29, 0.717) is 0 Å². The van der Waals surface area contributed by atoms with Crippen LogP contribution in [0.25, 0.3) is 0 Å². The van der Waals surface area contributed by atoms with Crippen LogP contribution in [0.3, 0.4) is 0 Å². The molecule has 114 valence electrons. The second-order valence-electron chi connectivity index (χ2n) is 4.03. The van der Waals surface area contributed by atoms with Crippen molar-refractivity contribution >= 4 is 26.4 Å². The molecule has 5 nitrogen and oxygen atoms in total. The number of alkyl halides is 3. The summed E-state index contributed by atoms with van der Waals surface area (Å²) < 4.78 is 63.1. The first-order valence-electron chi connectivity index (χ1n) is 4.96. The highest BCUT2D eigenvalue weighted by atomic mass is 32.3. The zero-order valence-corrected chi connectivity index (χ0v) is 12.0. The number of benzene rings is 1. The van der Waals surface area contributed by atoms with E-state index in [-0.39, 0.29) is 10.5 Å². The van der Waals surface area contributed by atoms with E-state index in [9.17, 15) is 26.4 Å². The standard InChI is InChI=1S/C10H11F3O5S2/c1-19(2,18-20(16,17)10(11,12)13)8-5-3-7(4-6-8)9(14)15/h3-6H,1-2H3,(H,14,15). The Balaban J connectivity index is 3.08. The molecular formula is C10H11F3O5S2. The Kier molecular flexibility index (Phi) is 4.42. The Bertz CT molecular complexity index is 605. The van der Waals surface area contributed by atoms with Gasteiger partial charge in [0.1, 0.15) is 0 Å². The van der Waals surface area contributed by atoms with Crippen molar-refractivity contribution in [3.8, 4) is 0 Å². The second kappa shape index (κ2) is 5.26. The first kappa shape index (κ1) is 16.8. The maximum Gasteiger partial charge on any atom is 0.523 e. The van der Waals surface area contributed by atoms with Gasteiger partial charge in [-0.1, -0.05) is 10.3 Å². The van der Waals surface area contributed by atoms with Gasteiger partial charge in [-0.05, 0) is 36.8 Å². The van der Waals surface area contributed by atoms with Gasteiger partial charge in [0.25, 0.3) is 0 Å². The van der Waals surface area contributed by atoms with Gasteiger partial charge >= 0.3 is 21.6 Å². The highest BCUT2D eigenvalue weighted by Gasteiger charge is 2.49. The van der Waals surface area contributed by atoms with E-state index in [2.05, 4.69) is 3.63 Å². The Morgan fingerprint density at radius 1 is 1.15 bits per heavy atom. The molecule has 0 saturated heterocycles. The van der Waals surface area contributed by atoms with Crippen molar-refractivity contribution in [1.82, 2.24) is 0 Å². The van der Waals surface area contributed by atoms with Crippen molar-refractivity contribution in [3.63, 3.8) is 0 Å². The molecule has 0 heterocycles. The molecule has 0 spiro atoms. The van der Waals surface area contributed by atoms with Crippen molar-refractivity contribution in [2.24, 2.45) is 0 Å². The minimum atomic E-state index is -5.71. The molecule has 20 heavy (non-hydrogen) atoms. The molecule has 0 bridgehead atoms. The molecule has 0 saturated carbocycles. The number of aromatic carboxylic acids is 1. The van der Waals surface area contributed by atoms with E-state index in [0.717, 1.165) is 12.1 Å². The highest BCUT2D eigenvalue weighted by Crippen LogP contribution is 2.53. The van der Waals surface area contributed by atoms with Crippen molar-refractivity contribution in [2.45, 2.75) is 10.4 Å². The molecule has 0 atom stereocenters. The summed E-state index contributed by atoms with van der Waals surface area (Å²) in [5.74, 6) is -1.20. The van der Waals surface area contributed by atoms with Crippen LogP contribution in [-0.4, -0.2) is 37.5 Å². The third-order valence-electron chi connectivity index (χ3n) is 2.21. The number of halogens is 3. The predicted octanol–water partition coefficient (Wildman–Crippen LogP) is 2.59. The Morgan fingerprint density at radius 3 is 1.95 bits per heavy atom. The molecule has 10 heteroatoms. The van der Waals surface area contributed by atoms with E-state index in [4.69, 9.17) is 5.11 Å². The summed E-state index contributed by atoms with van der Waals surface area (Å²) in [4.78, 5) is 10.8. The van der Waals surface area contributed by atoms with Gasteiger partial charge in [0.05, 0.1) is 5.56 Å². The molecular weight excluding hydrogens is 321 g/mol. The zero-order valence-electron chi connectivity index (χ0n) is 10.3. The van der Waals surface area contributed by atoms with Crippen LogP contribution in [0.1, 0.15) is 10.4 Å². The summed E-state index contributed by atoms with van der Waals surface area (Å²) in [5.41, 5.74) is -5.57. The monoisotopic (exact) mass is 332 g/mol. The summed E-state index contributed by atoms with van der Waals surface area (Å²) in [6.45, 7) is 0. The van der Waals surface area contributed by atoms with Crippen LogP contribution in [0.2, 0.25) is 0 Å². The third-order valence-corrected chi connectivity index (χ3v) is 6.26. The lowest BCUT2D eigenvalue weighted by Crippen LogP contribution is -2.26. The fraction of sp³-hybridized carbons (Fsp3) is 0.300. The molecule has 0 aliphatic carbocycles. The summed E-state index contributed by atoms with van der Waals surface area (Å²) in [6.07, 6.45) is 2.43. The van der Waals surface area contributed by atoms with Gasteiger partial charge in [-0.2, -0.15) is 21.6 Å². The number of hydrogen-bond donors (Lipinski definition) is 1. The van der Waals surface area contributed by atoms with Crippen LogP contribution in [0.4, 0.5) is 13.2 Å². The number of carboxylic acids is 1. The lowest BCUT2D eigenvalue weighted by atomic mass is 10.2. The smallest absolute Gasteiger partial charge is 0.478 e. The molecule has 0 aromatic heterocycles. The van der Waals surface area contributed by atoms with Gasteiger partial charge in [0.2, 0.25) is 0 Å². The lowest BCUT2D eigenvalue weighted by Gasteiger charge is -2.30. The molecule has 0 unspecified atom stereocenters. The maximum absolute atomic E-state index is 12.3. The molecule has 1 aromatic rings. The average molecular weight is 332 g/mol. The van der Waals surface area contributed by atoms with E-state index < -0.39 is 31.9 Å². The normalized spacial score (nSPS) is 14.1. The van der Waals surface area contributed by atoms with Crippen LogP contribution in [-0.2, 0) is 13.7 Å². The number of rotatable bonds is 4. The van der Waals surface area contributed by atoms with Gasteiger partial charge in [0, 0.05) is 4.90 Å².